The minimum absolute atomic E-state index is 0.474. The fourth-order valence-corrected chi connectivity index (χ4v) is 2.66. The standard InChI is InChI=1S/C20H23N5O2/c1-25(14-15-7-5-4-6-8-15)19-13-22-24-20(23-19)21-12-16-9-10-17(26-2)18(11-16)27-3/h4-11,13H,12,14H2,1-3H3,(H,21,23,24). The highest BCUT2D eigenvalue weighted by Gasteiger charge is 2.08. The minimum atomic E-state index is 0.474. The summed E-state index contributed by atoms with van der Waals surface area (Å²) in [7, 11) is 5.22. The fourth-order valence-electron chi connectivity index (χ4n) is 2.66. The smallest absolute Gasteiger partial charge is 0.244 e. The molecule has 0 saturated heterocycles. The first-order chi connectivity index (χ1) is 13.2. The van der Waals surface area contributed by atoms with Gasteiger partial charge >= 0.3 is 0 Å². The molecule has 3 rings (SSSR count). The van der Waals surface area contributed by atoms with E-state index in [4.69, 9.17) is 9.47 Å². The summed E-state index contributed by atoms with van der Waals surface area (Å²) in [6.07, 6.45) is 1.66. The van der Waals surface area contributed by atoms with E-state index in [2.05, 4.69) is 32.6 Å². The lowest BCUT2D eigenvalue weighted by molar-refractivity contribution is 0.354. The number of hydrogen-bond donors (Lipinski definition) is 1. The average molecular weight is 365 g/mol. The van der Waals surface area contributed by atoms with Gasteiger partial charge in [-0.15, -0.1) is 5.10 Å². The predicted molar refractivity (Wildman–Crippen MR) is 105 cm³/mol. The molecule has 2 aromatic carbocycles. The number of nitrogens with zero attached hydrogens (tertiary/aromatic N) is 4. The van der Waals surface area contributed by atoms with E-state index in [1.807, 2.05) is 48.3 Å². The monoisotopic (exact) mass is 365 g/mol. The van der Waals surface area contributed by atoms with Gasteiger partial charge in [-0.3, -0.25) is 0 Å². The Morgan fingerprint density at radius 2 is 1.74 bits per heavy atom. The number of aromatic nitrogens is 3. The van der Waals surface area contributed by atoms with E-state index in [-0.39, 0.29) is 0 Å². The SMILES string of the molecule is COc1ccc(CNc2nncc(N(C)Cc3ccccc3)n2)cc1OC. The van der Waals surface area contributed by atoms with E-state index in [1.165, 1.54) is 5.56 Å². The summed E-state index contributed by atoms with van der Waals surface area (Å²) in [5, 5.41) is 11.3. The van der Waals surface area contributed by atoms with Crippen LogP contribution in [0.15, 0.2) is 54.7 Å². The summed E-state index contributed by atoms with van der Waals surface area (Å²) in [6, 6.07) is 16.0. The molecule has 0 aliphatic heterocycles. The third-order valence-electron chi connectivity index (χ3n) is 4.10. The first kappa shape index (κ1) is 18.4. The van der Waals surface area contributed by atoms with E-state index < -0.39 is 0 Å². The highest BCUT2D eigenvalue weighted by molar-refractivity contribution is 5.44. The van der Waals surface area contributed by atoms with Gasteiger partial charge in [0.15, 0.2) is 17.3 Å². The zero-order valence-electron chi connectivity index (χ0n) is 15.7. The quantitative estimate of drug-likeness (QED) is 0.657. The molecule has 0 atom stereocenters. The first-order valence-electron chi connectivity index (χ1n) is 8.59. The molecule has 1 N–H and O–H groups in total. The van der Waals surface area contributed by atoms with Crippen LogP contribution in [0.5, 0.6) is 11.5 Å². The molecule has 1 heterocycles. The Bertz CT molecular complexity index is 873. The molecule has 0 bridgehead atoms. The summed E-state index contributed by atoms with van der Waals surface area (Å²) in [4.78, 5) is 6.58. The van der Waals surface area contributed by atoms with Crippen LogP contribution in [0.4, 0.5) is 11.8 Å². The normalized spacial score (nSPS) is 10.3. The van der Waals surface area contributed by atoms with Crippen molar-refractivity contribution in [1.82, 2.24) is 15.2 Å². The van der Waals surface area contributed by atoms with E-state index in [0.29, 0.717) is 24.0 Å². The van der Waals surface area contributed by atoms with Crippen molar-refractivity contribution in [2.75, 3.05) is 31.5 Å². The lowest BCUT2D eigenvalue weighted by Crippen LogP contribution is -2.19. The molecule has 7 nitrogen and oxygen atoms in total. The molecule has 0 saturated carbocycles. The third kappa shape index (κ3) is 4.84. The molecular weight excluding hydrogens is 342 g/mol. The van der Waals surface area contributed by atoms with Crippen LogP contribution in [0.3, 0.4) is 0 Å². The minimum Gasteiger partial charge on any atom is -0.493 e. The van der Waals surface area contributed by atoms with E-state index >= 15 is 0 Å². The summed E-state index contributed by atoms with van der Waals surface area (Å²) in [6.45, 7) is 1.29. The lowest BCUT2D eigenvalue weighted by atomic mass is 10.2. The van der Waals surface area contributed by atoms with Crippen molar-refractivity contribution in [1.29, 1.82) is 0 Å². The van der Waals surface area contributed by atoms with Crippen LogP contribution in [0.25, 0.3) is 0 Å². The molecule has 3 aromatic rings. The number of methoxy groups -OCH3 is 2. The van der Waals surface area contributed by atoms with Gasteiger partial charge in [0.2, 0.25) is 5.95 Å². The maximum Gasteiger partial charge on any atom is 0.244 e. The predicted octanol–water partition coefficient (Wildman–Crippen LogP) is 3.14. The van der Waals surface area contributed by atoms with Gasteiger partial charge in [0, 0.05) is 20.1 Å². The summed E-state index contributed by atoms with van der Waals surface area (Å²) in [5.74, 6) is 2.61. The number of hydrogen-bond acceptors (Lipinski definition) is 7. The topological polar surface area (TPSA) is 72.4 Å². The summed E-state index contributed by atoms with van der Waals surface area (Å²) < 4.78 is 10.6. The van der Waals surface area contributed by atoms with Gasteiger partial charge in [-0.05, 0) is 23.3 Å². The number of ether oxygens (including phenoxy) is 2. The second kappa shape index (κ2) is 8.84. The van der Waals surface area contributed by atoms with Crippen molar-refractivity contribution in [3.05, 3.63) is 65.9 Å². The van der Waals surface area contributed by atoms with Gasteiger partial charge in [0.05, 0.1) is 20.4 Å². The third-order valence-corrected chi connectivity index (χ3v) is 4.10. The molecule has 7 heteroatoms. The largest absolute Gasteiger partial charge is 0.493 e. The van der Waals surface area contributed by atoms with Crippen molar-refractivity contribution >= 4 is 11.8 Å². The van der Waals surface area contributed by atoms with Crippen LogP contribution in [0, 0.1) is 0 Å². The number of benzene rings is 2. The molecule has 140 valence electrons. The lowest BCUT2D eigenvalue weighted by Gasteiger charge is -2.18. The molecule has 0 amide bonds. The van der Waals surface area contributed by atoms with Crippen LogP contribution < -0.4 is 19.7 Å². The van der Waals surface area contributed by atoms with Gasteiger partial charge in [-0.25, -0.2) is 0 Å². The van der Waals surface area contributed by atoms with Crippen LogP contribution in [-0.4, -0.2) is 36.4 Å². The highest BCUT2D eigenvalue weighted by atomic mass is 16.5. The van der Waals surface area contributed by atoms with Crippen molar-refractivity contribution in [3.8, 4) is 11.5 Å². The zero-order chi connectivity index (χ0) is 19.1. The van der Waals surface area contributed by atoms with Crippen LogP contribution >= 0.6 is 0 Å². The molecule has 0 aliphatic rings. The molecule has 0 aliphatic carbocycles. The van der Waals surface area contributed by atoms with E-state index in [9.17, 15) is 0 Å². The molecule has 1 aromatic heterocycles. The number of rotatable bonds is 8. The molecule has 0 unspecified atom stereocenters. The highest BCUT2D eigenvalue weighted by Crippen LogP contribution is 2.27. The van der Waals surface area contributed by atoms with Crippen molar-refractivity contribution in [2.45, 2.75) is 13.1 Å². The van der Waals surface area contributed by atoms with Gasteiger partial charge in [0.25, 0.3) is 0 Å². The van der Waals surface area contributed by atoms with Gasteiger partial charge in [-0.1, -0.05) is 36.4 Å². The molecule has 0 radical (unpaired) electrons. The Morgan fingerprint density at radius 3 is 2.48 bits per heavy atom. The van der Waals surface area contributed by atoms with Gasteiger partial charge in [-0.2, -0.15) is 10.1 Å². The Kier molecular flexibility index (Phi) is 6.04. The first-order valence-corrected chi connectivity index (χ1v) is 8.59. The van der Waals surface area contributed by atoms with Gasteiger partial charge in [0.1, 0.15) is 0 Å². The Hall–Kier alpha value is -3.35. The van der Waals surface area contributed by atoms with Crippen molar-refractivity contribution in [3.63, 3.8) is 0 Å². The molecule has 0 fully saturated rings. The van der Waals surface area contributed by atoms with Crippen LogP contribution in [-0.2, 0) is 13.1 Å². The zero-order valence-corrected chi connectivity index (χ0v) is 15.7. The number of anilines is 2. The Balaban J connectivity index is 1.65. The second-order valence-corrected chi connectivity index (χ2v) is 6.02. The molecule has 27 heavy (non-hydrogen) atoms. The van der Waals surface area contributed by atoms with Crippen molar-refractivity contribution < 1.29 is 9.47 Å². The fraction of sp³-hybridized carbons (Fsp3) is 0.250. The van der Waals surface area contributed by atoms with Crippen molar-refractivity contribution in [2.24, 2.45) is 0 Å². The maximum absolute atomic E-state index is 5.33. The van der Waals surface area contributed by atoms with E-state index in [1.54, 1.807) is 20.4 Å². The van der Waals surface area contributed by atoms with Crippen LogP contribution in [0.2, 0.25) is 0 Å². The molecule has 0 spiro atoms. The second-order valence-electron chi connectivity index (χ2n) is 6.02. The summed E-state index contributed by atoms with van der Waals surface area (Å²) >= 11 is 0. The summed E-state index contributed by atoms with van der Waals surface area (Å²) in [5.41, 5.74) is 2.23. The van der Waals surface area contributed by atoms with E-state index in [0.717, 1.165) is 17.9 Å². The molecular formula is C20H23N5O2. The average Bonchev–Trinajstić information content (AvgIpc) is 2.73. The Labute approximate surface area is 159 Å². The maximum atomic E-state index is 5.33. The van der Waals surface area contributed by atoms with Crippen LogP contribution in [0.1, 0.15) is 11.1 Å². The Morgan fingerprint density at radius 1 is 0.963 bits per heavy atom. The van der Waals surface area contributed by atoms with Gasteiger partial charge < -0.3 is 19.7 Å². The number of nitrogens with one attached hydrogen (secondary N) is 1.